The van der Waals surface area contributed by atoms with Crippen LogP contribution >= 0.6 is 0 Å². The van der Waals surface area contributed by atoms with Crippen LogP contribution in [0, 0.1) is 6.92 Å². The Hall–Kier alpha value is -2.17. The quantitative estimate of drug-likeness (QED) is 0.849. The molecule has 4 nitrogen and oxygen atoms in total. The molecule has 1 saturated heterocycles. The van der Waals surface area contributed by atoms with Gasteiger partial charge >= 0.3 is 5.97 Å². The van der Waals surface area contributed by atoms with E-state index in [4.69, 9.17) is 0 Å². The zero-order chi connectivity index (χ0) is 17.7. The highest BCUT2D eigenvalue weighted by Crippen LogP contribution is 2.24. The molecule has 1 fully saturated rings. The number of hydrogen-bond acceptors (Lipinski definition) is 3. The van der Waals surface area contributed by atoms with Crippen LogP contribution in [-0.4, -0.2) is 34.6 Å². The van der Waals surface area contributed by atoms with E-state index in [0.717, 1.165) is 25.2 Å². The molecule has 0 aromatic heterocycles. The lowest BCUT2D eigenvalue weighted by Gasteiger charge is -2.39. The van der Waals surface area contributed by atoms with Gasteiger partial charge < -0.3 is 5.11 Å². The standard InChI is InChI=1S/C21H26N2O2/c1-17-7-9-18(10-8-17)15-22-21(20(24)25)11-13-23(14-12-21)16-19-5-3-2-4-6-19/h2-10,22H,11-16H2,1H3,(H,24,25). The Morgan fingerprint density at radius 3 is 2.28 bits per heavy atom. The molecule has 2 aromatic carbocycles. The zero-order valence-corrected chi connectivity index (χ0v) is 14.7. The van der Waals surface area contributed by atoms with E-state index < -0.39 is 11.5 Å². The third-order valence-electron chi connectivity index (χ3n) is 5.12. The predicted molar refractivity (Wildman–Crippen MR) is 99.3 cm³/mol. The molecule has 1 aliphatic rings. The summed E-state index contributed by atoms with van der Waals surface area (Å²) in [6.07, 6.45) is 1.25. The smallest absolute Gasteiger partial charge is 0.324 e. The summed E-state index contributed by atoms with van der Waals surface area (Å²) in [7, 11) is 0. The summed E-state index contributed by atoms with van der Waals surface area (Å²) in [6.45, 7) is 5.11. The molecule has 0 spiro atoms. The van der Waals surface area contributed by atoms with Gasteiger partial charge in [0, 0.05) is 26.2 Å². The van der Waals surface area contributed by atoms with Crippen molar-refractivity contribution in [2.75, 3.05) is 13.1 Å². The van der Waals surface area contributed by atoms with Crippen LogP contribution in [-0.2, 0) is 17.9 Å². The lowest BCUT2D eigenvalue weighted by Crippen LogP contribution is -2.57. The second-order valence-electron chi connectivity index (χ2n) is 6.99. The average molecular weight is 338 g/mol. The van der Waals surface area contributed by atoms with Crippen molar-refractivity contribution in [3.63, 3.8) is 0 Å². The molecular formula is C21H26N2O2. The average Bonchev–Trinajstić information content (AvgIpc) is 2.63. The number of carboxylic acids is 1. The van der Waals surface area contributed by atoms with Gasteiger partial charge in [0.25, 0.3) is 0 Å². The van der Waals surface area contributed by atoms with Crippen molar-refractivity contribution in [2.24, 2.45) is 0 Å². The lowest BCUT2D eigenvalue weighted by atomic mass is 9.87. The third kappa shape index (κ3) is 4.47. The fourth-order valence-corrected chi connectivity index (χ4v) is 3.38. The molecule has 0 radical (unpaired) electrons. The first-order chi connectivity index (χ1) is 12.1. The number of carbonyl (C=O) groups is 1. The molecular weight excluding hydrogens is 312 g/mol. The molecule has 0 saturated carbocycles. The number of piperidine rings is 1. The van der Waals surface area contributed by atoms with Crippen molar-refractivity contribution in [3.05, 3.63) is 71.3 Å². The fraction of sp³-hybridized carbons (Fsp3) is 0.381. The second kappa shape index (κ2) is 7.81. The normalized spacial score (nSPS) is 17.3. The van der Waals surface area contributed by atoms with Crippen LogP contribution in [0.5, 0.6) is 0 Å². The van der Waals surface area contributed by atoms with Crippen molar-refractivity contribution >= 4 is 5.97 Å². The van der Waals surface area contributed by atoms with Crippen LogP contribution in [0.4, 0.5) is 0 Å². The third-order valence-corrected chi connectivity index (χ3v) is 5.12. The maximum Gasteiger partial charge on any atom is 0.324 e. The highest BCUT2D eigenvalue weighted by Gasteiger charge is 2.40. The van der Waals surface area contributed by atoms with E-state index >= 15 is 0 Å². The first-order valence-corrected chi connectivity index (χ1v) is 8.88. The predicted octanol–water partition coefficient (Wildman–Crippen LogP) is 3.20. The van der Waals surface area contributed by atoms with Crippen LogP contribution in [0.25, 0.3) is 0 Å². The van der Waals surface area contributed by atoms with Gasteiger partial charge in [0.05, 0.1) is 0 Å². The number of rotatable bonds is 6. The minimum absolute atomic E-state index is 0.589. The fourth-order valence-electron chi connectivity index (χ4n) is 3.38. The van der Waals surface area contributed by atoms with Gasteiger partial charge in [0.2, 0.25) is 0 Å². The van der Waals surface area contributed by atoms with Crippen molar-refractivity contribution in [1.29, 1.82) is 0 Å². The number of hydrogen-bond donors (Lipinski definition) is 2. The maximum atomic E-state index is 11.9. The number of carboxylic acid groups (broad SMARTS) is 1. The number of nitrogens with zero attached hydrogens (tertiary/aromatic N) is 1. The Labute approximate surface area is 149 Å². The minimum atomic E-state index is -0.821. The van der Waals surface area contributed by atoms with Gasteiger partial charge in [0.1, 0.15) is 5.54 Å². The second-order valence-corrected chi connectivity index (χ2v) is 6.99. The van der Waals surface area contributed by atoms with Gasteiger partial charge in [-0.3, -0.25) is 15.0 Å². The van der Waals surface area contributed by atoms with Gasteiger partial charge in [-0.25, -0.2) is 0 Å². The first kappa shape index (κ1) is 17.6. The Bertz CT molecular complexity index is 690. The molecule has 0 amide bonds. The molecule has 2 aromatic rings. The summed E-state index contributed by atoms with van der Waals surface area (Å²) in [5, 5.41) is 13.1. The van der Waals surface area contributed by atoms with Gasteiger partial charge in [-0.1, -0.05) is 60.2 Å². The van der Waals surface area contributed by atoms with Crippen LogP contribution in [0.3, 0.4) is 0 Å². The summed E-state index contributed by atoms with van der Waals surface area (Å²) < 4.78 is 0. The monoisotopic (exact) mass is 338 g/mol. The topological polar surface area (TPSA) is 52.6 Å². The van der Waals surface area contributed by atoms with Crippen LogP contribution in [0.2, 0.25) is 0 Å². The van der Waals surface area contributed by atoms with E-state index in [1.54, 1.807) is 0 Å². The molecule has 1 aliphatic heterocycles. The number of nitrogens with one attached hydrogen (secondary N) is 1. The van der Waals surface area contributed by atoms with Gasteiger partial charge in [-0.2, -0.15) is 0 Å². The highest BCUT2D eigenvalue weighted by molar-refractivity contribution is 5.79. The molecule has 132 valence electrons. The molecule has 3 rings (SSSR count). The number of likely N-dealkylation sites (tertiary alicyclic amines) is 1. The summed E-state index contributed by atoms with van der Waals surface area (Å²) in [5.74, 6) is -0.737. The highest BCUT2D eigenvalue weighted by atomic mass is 16.4. The largest absolute Gasteiger partial charge is 0.480 e. The van der Waals surface area contributed by atoms with Gasteiger partial charge in [0.15, 0.2) is 0 Å². The van der Waals surface area contributed by atoms with Crippen LogP contribution < -0.4 is 5.32 Å². The summed E-state index contributed by atoms with van der Waals surface area (Å²) in [5.41, 5.74) is 2.79. The van der Waals surface area contributed by atoms with Gasteiger partial charge in [-0.05, 0) is 30.9 Å². The van der Waals surface area contributed by atoms with Crippen molar-refractivity contribution in [1.82, 2.24) is 10.2 Å². The van der Waals surface area contributed by atoms with E-state index in [1.807, 2.05) is 18.2 Å². The molecule has 0 aliphatic carbocycles. The number of aliphatic carboxylic acids is 1. The molecule has 0 bridgehead atoms. The zero-order valence-electron chi connectivity index (χ0n) is 14.7. The summed E-state index contributed by atoms with van der Waals surface area (Å²) >= 11 is 0. The van der Waals surface area contributed by atoms with Gasteiger partial charge in [-0.15, -0.1) is 0 Å². The minimum Gasteiger partial charge on any atom is -0.480 e. The maximum absolute atomic E-state index is 11.9. The lowest BCUT2D eigenvalue weighted by molar-refractivity contribution is -0.147. The van der Waals surface area contributed by atoms with E-state index in [9.17, 15) is 9.90 Å². The molecule has 4 heteroatoms. The van der Waals surface area contributed by atoms with Crippen LogP contribution in [0.15, 0.2) is 54.6 Å². The summed E-state index contributed by atoms with van der Waals surface area (Å²) in [4.78, 5) is 14.3. The Morgan fingerprint density at radius 2 is 1.68 bits per heavy atom. The van der Waals surface area contributed by atoms with Crippen molar-refractivity contribution < 1.29 is 9.90 Å². The first-order valence-electron chi connectivity index (χ1n) is 8.88. The molecule has 2 N–H and O–H groups in total. The summed E-state index contributed by atoms with van der Waals surface area (Å²) in [6, 6.07) is 18.6. The molecule has 25 heavy (non-hydrogen) atoms. The van der Waals surface area contributed by atoms with E-state index in [0.29, 0.717) is 19.4 Å². The van der Waals surface area contributed by atoms with E-state index in [1.165, 1.54) is 11.1 Å². The Kier molecular flexibility index (Phi) is 5.51. The number of aryl methyl sites for hydroxylation is 1. The SMILES string of the molecule is Cc1ccc(CNC2(C(=O)O)CCN(Cc3ccccc3)CC2)cc1. The molecule has 0 atom stereocenters. The molecule has 0 unspecified atom stereocenters. The number of benzene rings is 2. The molecule has 1 heterocycles. The Balaban J connectivity index is 1.58. The van der Waals surface area contributed by atoms with Crippen molar-refractivity contribution in [3.8, 4) is 0 Å². The van der Waals surface area contributed by atoms with E-state index in [-0.39, 0.29) is 0 Å². The van der Waals surface area contributed by atoms with Crippen LogP contribution in [0.1, 0.15) is 29.5 Å². The van der Waals surface area contributed by atoms with Crippen molar-refractivity contribution in [2.45, 2.75) is 38.4 Å². The Morgan fingerprint density at radius 1 is 1.04 bits per heavy atom. The van der Waals surface area contributed by atoms with E-state index in [2.05, 4.69) is 53.5 Å².